The van der Waals surface area contributed by atoms with E-state index in [1.54, 1.807) is 13.3 Å². The van der Waals surface area contributed by atoms with Crippen molar-refractivity contribution in [3.05, 3.63) is 17.7 Å². The smallest absolute Gasteiger partial charge is 0.239 e. The minimum Gasteiger partial charge on any atom is -0.368 e. The summed E-state index contributed by atoms with van der Waals surface area (Å²) in [6.45, 7) is 2.06. The van der Waals surface area contributed by atoms with Gasteiger partial charge in [0.2, 0.25) is 5.91 Å². The average molecular weight is 222 g/mol. The third-order valence-corrected chi connectivity index (χ3v) is 3.17. The Morgan fingerprint density at radius 2 is 2.25 bits per heavy atom. The third-order valence-electron chi connectivity index (χ3n) is 3.17. The molecule has 1 unspecified atom stereocenters. The van der Waals surface area contributed by atoms with Gasteiger partial charge in [0.25, 0.3) is 0 Å². The number of hydrogen-bond acceptors (Lipinski definition) is 3. The van der Waals surface area contributed by atoms with Gasteiger partial charge in [0, 0.05) is 5.69 Å². The molecule has 1 heterocycles. The van der Waals surface area contributed by atoms with Crippen LogP contribution in [0.2, 0.25) is 0 Å². The lowest BCUT2D eigenvalue weighted by Crippen LogP contribution is -2.52. The van der Waals surface area contributed by atoms with Crippen LogP contribution < -0.4 is 11.5 Å². The molecule has 1 aliphatic carbocycles. The van der Waals surface area contributed by atoms with E-state index in [1.165, 1.54) is 18.5 Å². The molecule has 1 aromatic rings. The summed E-state index contributed by atoms with van der Waals surface area (Å²) in [6, 6.07) is 0. The largest absolute Gasteiger partial charge is 0.368 e. The Labute approximate surface area is 94.8 Å². The summed E-state index contributed by atoms with van der Waals surface area (Å²) in [4.78, 5) is 15.5. The lowest BCUT2D eigenvalue weighted by Gasteiger charge is -2.23. The molecule has 0 spiro atoms. The standard InChI is InChI=1S/C11H18N4O/c1-11(13,10(12)16)6-15-7-14-8-4-2-3-5-9(8)15/h7H,2-6,13H2,1H3,(H2,12,16). The summed E-state index contributed by atoms with van der Waals surface area (Å²) in [5.74, 6) is -0.481. The molecular weight excluding hydrogens is 204 g/mol. The number of hydrogen-bond donors (Lipinski definition) is 2. The van der Waals surface area contributed by atoms with Gasteiger partial charge in [-0.05, 0) is 32.6 Å². The van der Waals surface area contributed by atoms with Crippen molar-refractivity contribution in [2.24, 2.45) is 11.5 Å². The van der Waals surface area contributed by atoms with Gasteiger partial charge in [0.1, 0.15) is 5.54 Å². The van der Waals surface area contributed by atoms with E-state index in [0.29, 0.717) is 6.54 Å². The maximum absolute atomic E-state index is 11.2. The summed E-state index contributed by atoms with van der Waals surface area (Å²) in [7, 11) is 0. The quantitative estimate of drug-likeness (QED) is 0.752. The summed E-state index contributed by atoms with van der Waals surface area (Å²) in [5.41, 5.74) is 12.5. The van der Waals surface area contributed by atoms with E-state index in [1.807, 2.05) is 4.57 Å². The molecule has 0 bridgehead atoms. The molecule has 0 radical (unpaired) electrons. The molecule has 0 saturated carbocycles. The number of nitrogens with two attached hydrogens (primary N) is 2. The Bertz CT molecular complexity index is 408. The molecule has 1 atom stereocenters. The van der Waals surface area contributed by atoms with Gasteiger partial charge in [-0.25, -0.2) is 4.98 Å². The van der Waals surface area contributed by atoms with Gasteiger partial charge in [0.05, 0.1) is 18.6 Å². The summed E-state index contributed by atoms with van der Waals surface area (Å²) in [6.07, 6.45) is 6.19. The van der Waals surface area contributed by atoms with Crippen molar-refractivity contribution in [2.45, 2.75) is 44.7 Å². The van der Waals surface area contributed by atoms with E-state index < -0.39 is 11.4 Å². The Hall–Kier alpha value is -1.36. The van der Waals surface area contributed by atoms with Gasteiger partial charge >= 0.3 is 0 Å². The molecule has 1 amide bonds. The van der Waals surface area contributed by atoms with Crippen molar-refractivity contribution >= 4 is 5.91 Å². The Kier molecular flexibility index (Phi) is 2.71. The first-order valence-corrected chi connectivity index (χ1v) is 5.62. The SMILES string of the molecule is CC(N)(Cn1cnc2c1CCCC2)C(N)=O. The number of nitrogens with zero attached hydrogens (tertiary/aromatic N) is 2. The van der Waals surface area contributed by atoms with Crippen LogP contribution in [0.1, 0.15) is 31.2 Å². The van der Waals surface area contributed by atoms with Crippen LogP contribution in [-0.4, -0.2) is 21.0 Å². The molecule has 5 nitrogen and oxygen atoms in total. The second-order valence-electron chi connectivity index (χ2n) is 4.75. The van der Waals surface area contributed by atoms with Crippen molar-refractivity contribution < 1.29 is 4.79 Å². The second-order valence-corrected chi connectivity index (χ2v) is 4.75. The van der Waals surface area contributed by atoms with E-state index in [9.17, 15) is 4.79 Å². The molecule has 0 aliphatic heterocycles. The highest BCUT2D eigenvalue weighted by atomic mass is 16.1. The van der Waals surface area contributed by atoms with E-state index in [4.69, 9.17) is 11.5 Å². The topological polar surface area (TPSA) is 86.9 Å². The van der Waals surface area contributed by atoms with Gasteiger partial charge in [-0.15, -0.1) is 0 Å². The number of carbonyl (C=O) groups excluding carboxylic acids is 1. The Morgan fingerprint density at radius 1 is 1.56 bits per heavy atom. The van der Waals surface area contributed by atoms with Gasteiger partial charge in [0.15, 0.2) is 0 Å². The fourth-order valence-corrected chi connectivity index (χ4v) is 2.10. The average Bonchev–Trinajstić information content (AvgIpc) is 2.61. The minimum atomic E-state index is -1.01. The predicted octanol–water partition coefficient (Wildman–Crippen LogP) is -0.0354. The molecule has 1 aliphatic rings. The van der Waals surface area contributed by atoms with Gasteiger partial charge in [-0.1, -0.05) is 0 Å². The van der Waals surface area contributed by atoms with Crippen LogP contribution >= 0.6 is 0 Å². The molecule has 2 rings (SSSR count). The van der Waals surface area contributed by atoms with Crippen LogP contribution in [0.15, 0.2) is 6.33 Å². The highest BCUT2D eigenvalue weighted by Gasteiger charge is 2.28. The summed E-state index contributed by atoms with van der Waals surface area (Å²) in [5, 5.41) is 0. The maximum Gasteiger partial charge on any atom is 0.239 e. The highest BCUT2D eigenvalue weighted by molar-refractivity contribution is 5.83. The normalized spacial score (nSPS) is 18.9. The first-order valence-electron chi connectivity index (χ1n) is 5.62. The van der Waals surface area contributed by atoms with Gasteiger partial charge < -0.3 is 16.0 Å². The van der Waals surface area contributed by atoms with Crippen molar-refractivity contribution in [2.75, 3.05) is 0 Å². The summed E-state index contributed by atoms with van der Waals surface area (Å²) < 4.78 is 1.97. The van der Waals surface area contributed by atoms with Gasteiger partial charge in [-0.2, -0.15) is 0 Å². The van der Waals surface area contributed by atoms with E-state index in [-0.39, 0.29) is 0 Å². The van der Waals surface area contributed by atoms with Crippen LogP contribution in [0, 0.1) is 0 Å². The van der Waals surface area contributed by atoms with E-state index in [2.05, 4.69) is 4.98 Å². The summed E-state index contributed by atoms with van der Waals surface area (Å²) >= 11 is 0. The number of carbonyl (C=O) groups is 1. The van der Waals surface area contributed by atoms with Crippen LogP contribution in [0.25, 0.3) is 0 Å². The molecule has 4 N–H and O–H groups in total. The molecule has 0 aromatic carbocycles. The number of primary amides is 1. The Morgan fingerprint density at radius 3 is 2.94 bits per heavy atom. The first-order chi connectivity index (χ1) is 7.50. The predicted molar refractivity (Wildman–Crippen MR) is 60.7 cm³/mol. The lowest BCUT2D eigenvalue weighted by molar-refractivity contribution is -0.123. The number of aryl methyl sites for hydroxylation is 1. The molecule has 88 valence electrons. The van der Waals surface area contributed by atoms with Crippen molar-refractivity contribution in [1.82, 2.24) is 9.55 Å². The monoisotopic (exact) mass is 222 g/mol. The number of rotatable bonds is 3. The van der Waals surface area contributed by atoms with Gasteiger partial charge in [-0.3, -0.25) is 4.79 Å². The fraction of sp³-hybridized carbons (Fsp3) is 0.636. The molecule has 16 heavy (non-hydrogen) atoms. The fourth-order valence-electron chi connectivity index (χ4n) is 2.10. The third kappa shape index (κ3) is 1.95. The molecule has 0 saturated heterocycles. The second kappa shape index (κ2) is 3.90. The van der Waals surface area contributed by atoms with Crippen molar-refractivity contribution in [3.63, 3.8) is 0 Å². The first kappa shape index (κ1) is 11.1. The van der Waals surface area contributed by atoms with E-state index >= 15 is 0 Å². The lowest BCUT2D eigenvalue weighted by atomic mass is 9.99. The zero-order valence-electron chi connectivity index (χ0n) is 9.57. The minimum absolute atomic E-state index is 0.407. The molecule has 1 aromatic heterocycles. The zero-order valence-corrected chi connectivity index (χ0v) is 9.57. The number of aromatic nitrogens is 2. The van der Waals surface area contributed by atoms with Crippen LogP contribution in [0.3, 0.4) is 0 Å². The number of amides is 1. The number of imidazole rings is 1. The molecule has 5 heteroatoms. The van der Waals surface area contributed by atoms with Crippen LogP contribution in [-0.2, 0) is 24.2 Å². The van der Waals surface area contributed by atoms with Crippen molar-refractivity contribution in [1.29, 1.82) is 0 Å². The Balaban J connectivity index is 2.22. The van der Waals surface area contributed by atoms with Crippen LogP contribution in [0.4, 0.5) is 0 Å². The zero-order chi connectivity index (χ0) is 11.8. The maximum atomic E-state index is 11.2. The van der Waals surface area contributed by atoms with E-state index in [0.717, 1.165) is 18.5 Å². The molecule has 0 fully saturated rings. The van der Waals surface area contributed by atoms with Crippen LogP contribution in [0.5, 0.6) is 0 Å². The molecular formula is C11H18N4O. The highest BCUT2D eigenvalue weighted by Crippen LogP contribution is 2.20. The number of fused-ring (bicyclic) bond motifs is 1. The van der Waals surface area contributed by atoms with Crippen molar-refractivity contribution in [3.8, 4) is 0 Å².